The van der Waals surface area contributed by atoms with Crippen molar-refractivity contribution in [3.05, 3.63) is 13.2 Å². The molecule has 0 atom stereocenters. The summed E-state index contributed by atoms with van der Waals surface area (Å²) in [7, 11) is 0. The molecule has 0 aromatic carbocycles. The molecule has 0 N–H and O–H groups in total. The minimum atomic E-state index is 1.32. The van der Waals surface area contributed by atoms with Crippen molar-refractivity contribution in [1.82, 2.24) is 0 Å². The molecule has 0 spiro atoms. The Morgan fingerprint density at radius 1 is 0.571 bits per heavy atom. The average Bonchev–Trinajstić information content (AvgIpc) is 2.18. The van der Waals surface area contributed by atoms with Crippen LogP contribution in [0.25, 0.3) is 0 Å². The van der Waals surface area contributed by atoms with Gasteiger partial charge in [-0.1, -0.05) is 79.1 Å². The summed E-state index contributed by atoms with van der Waals surface area (Å²) >= 11 is 0. The molecule has 1 aliphatic rings. The van der Waals surface area contributed by atoms with Gasteiger partial charge in [0, 0.05) is 0 Å². The monoisotopic (exact) mass is 200 g/mol. The maximum absolute atomic E-state index is 3.00. The van der Waals surface area contributed by atoms with E-state index in [-0.39, 0.29) is 0 Å². The molecule has 0 unspecified atom stereocenters. The molecule has 0 heterocycles. The summed E-state index contributed by atoms with van der Waals surface area (Å²) in [4.78, 5) is 0. The molecule has 1 rings (SSSR count). The van der Waals surface area contributed by atoms with Crippen LogP contribution in [0.5, 0.6) is 0 Å². The van der Waals surface area contributed by atoms with E-state index in [0.29, 0.717) is 0 Å². The molecule has 88 valence electrons. The first-order chi connectivity index (χ1) is 6.83. The third-order valence-corrected chi connectivity index (χ3v) is 2.00. The van der Waals surface area contributed by atoms with Crippen molar-refractivity contribution < 1.29 is 0 Å². The van der Waals surface area contributed by atoms with Crippen molar-refractivity contribution in [2.24, 2.45) is 0 Å². The fourth-order valence-corrected chi connectivity index (χ4v) is 0.250. The average molecular weight is 200 g/mol. The lowest BCUT2D eigenvalue weighted by Crippen LogP contribution is -1.85. The smallest absolute Gasteiger partial charge is 0.0533 e. The van der Waals surface area contributed by atoms with Crippen molar-refractivity contribution in [3.63, 3.8) is 0 Å². The number of hydrogen-bond acceptors (Lipinski definition) is 0. The van der Waals surface area contributed by atoms with Crippen molar-refractivity contribution in [1.29, 1.82) is 0 Å². The largest absolute Gasteiger partial charge is 0.106 e. The second-order valence-corrected chi connectivity index (χ2v) is 3.41. The molecular weight excluding hydrogens is 168 g/mol. The van der Waals surface area contributed by atoms with Crippen LogP contribution in [0, 0.1) is 0 Å². The lowest BCUT2D eigenvalue weighted by atomic mass is 10.0. The fraction of sp³-hybridized carbons (Fsp3) is 0.857. The van der Waals surface area contributed by atoms with E-state index < -0.39 is 0 Å². The molecular formula is C14H32. The normalized spacial score (nSPS) is 11.4. The molecule has 0 nitrogen and oxygen atoms in total. The van der Waals surface area contributed by atoms with E-state index in [1.165, 1.54) is 51.4 Å². The van der Waals surface area contributed by atoms with Crippen LogP contribution in [0.2, 0.25) is 0 Å². The molecule has 0 aromatic heterocycles. The van der Waals surface area contributed by atoms with Gasteiger partial charge < -0.3 is 0 Å². The quantitative estimate of drug-likeness (QED) is 0.481. The molecule has 0 heteroatoms. The minimum Gasteiger partial charge on any atom is -0.106 e. The van der Waals surface area contributed by atoms with E-state index in [1.54, 1.807) is 0 Å². The topological polar surface area (TPSA) is 0 Å². The summed E-state index contributed by atoms with van der Waals surface area (Å²) < 4.78 is 0. The Labute approximate surface area is 92.8 Å². The van der Waals surface area contributed by atoms with Gasteiger partial charge in [0.1, 0.15) is 0 Å². The van der Waals surface area contributed by atoms with Gasteiger partial charge >= 0.3 is 0 Å². The van der Waals surface area contributed by atoms with Crippen LogP contribution in [0.3, 0.4) is 0 Å². The molecule has 1 fully saturated rings. The Bertz CT molecular complexity index is 41.1. The van der Waals surface area contributed by atoms with Gasteiger partial charge in [-0.3, -0.25) is 0 Å². The zero-order valence-corrected chi connectivity index (χ0v) is 11.1. The Morgan fingerprint density at radius 3 is 0.714 bits per heavy atom. The highest BCUT2D eigenvalue weighted by Crippen LogP contribution is 2.15. The predicted molar refractivity (Wildman–Crippen MR) is 70.9 cm³/mol. The van der Waals surface area contributed by atoms with E-state index in [2.05, 4.69) is 40.9 Å². The van der Waals surface area contributed by atoms with Crippen molar-refractivity contribution in [3.8, 4) is 0 Å². The van der Waals surface area contributed by atoms with Crippen LogP contribution in [-0.4, -0.2) is 0 Å². The van der Waals surface area contributed by atoms with Crippen molar-refractivity contribution >= 4 is 0 Å². The third kappa shape index (κ3) is 41.1. The van der Waals surface area contributed by atoms with Gasteiger partial charge in [0.25, 0.3) is 0 Å². The summed E-state index contributed by atoms with van der Waals surface area (Å²) in [6.45, 7) is 14.7. The third-order valence-electron chi connectivity index (χ3n) is 2.00. The van der Waals surface area contributed by atoms with Gasteiger partial charge in [-0.25, -0.2) is 0 Å². The highest BCUT2D eigenvalue weighted by Gasteiger charge is 1.95. The van der Waals surface area contributed by atoms with Crippen molar-refractivity contribution in [2.45, 2.75) is 79.1 Å². The Morgan fingerprint density at radius 2 is 0.714 bits per heavy atom. The highest BCUT2D eigenvalue weighted by molar-refractivity contribution is 4.50. The molecule has 0 aromatic rings. The van der Waals surface area contributed by atoms with Gasteiger partial charge in [-0.15, -0.1) is 13.2 Å². The highest BCUT2D eigenvalue weighted by atomic mass is 14.0. The summed E-state index contributed by atoms with van der Waals surface area (Å²) in [6.07, 6.45) is 11.3. The number of hydrogen-bond donors (Lipinski definition) is 0. The molecule has 0 amide bonds. The van der Waals surface area contributed by atoms with E-state index >= 15 is 0 Å². The Balaban J connectivity index is -0.000000119. The van der Waals surface area contributed by atoms with Gasteiger partial charge in [-0.05, 0) is 0 Å². The zero-order chi connectivity index (χ0) is 11.7. The molecule has 0 bridgehead atoms. The molecule has 1 aliphatic carbocycles. The first kappa shape index (κ1) is 19.3. The van der Waals surface area contributed by atoms with Crippen LogP contribution < -0.4 is 0 Å². The maximum Gasteiger partial charge on any atom is -0.0533 e. The first-order valence-corrected chi connectivity index (χ1v) is 6.33. The van der Waals surface area contributed by atoms with Gasteiger partial charge in [0.05, 0.1) is 0 Å². The fourth-order valence-electron chi connectivity index (χ4n) is 0.250. The van der Waals surface area contributed by atoms with Gasteiger partial charge in [-0.2, -0.15) is 0 Å². The predicted octanol–water partition coefficient (Wildman–Crippen LogP) is 5.98. The van der Waals surface area contributed by atoms with E-state index in [4.69, 9.17) is 0 Å². The molecule has 0 saturated heterocycles. The van der Waals surface area contributed by atoms with Crippen molar-refractivity contribution in [2.75, 3.05) is 0 Å². The number of unbranched alkanes of at least 4 members (excludes halogenated alkanes) is 2. The van der Waals surface area contributed by atoms with E-state index in [0.717, 1.165) is 0 Å². The standard InChI is InChI=1S/C4H8.2C4H10.C2H4/c1-2-4-3-1;2*1-3-4-2;1-2/h1-4H2;2*3-4H2,1-2H3;1-2H2. The lowest BCUT2D eigenvalue weighted by Gasteiger charge is -2.05. The molecule has 14 heavy (non-hydrogen) atoms. The number of rotatable bonds is 2. The second kappa shape index (κ2) is 29.3. The van der Waals surface area contributed by atoms with Gasteiger partial charge in [0.15, 0.2) is 0 Å². The van der Waals surface area contributed by atoms with Crippen LogP contribution in [0.15, 0.2) is 13.2 Å². The van der Waals surface area contributed by atoms with Gasteiger partial charge in [0.2, 0.25) is 0 Å². The van der Waals surface area contributed by atoms with Crippen LogP contribution in [-0.2, 0) is 0 Å². The lowest BCUT2D eigenvalue weighted by molar-refractivity contribution is 0.504. The van der Waals surface area contributed by atoms with Crippen LogP contribution >= 0.6 is 0 Å². The molecule has 0 radical (unpaired) electrons. The Kier molecular flexibility index (Phi) is 40.5. The minimum absolute atomic E-state index is 1.32. The summed E-state index contributed by atoms with van der Waals surface area (Å²) in [5.74, 6) is 0. The molecule has 0 aliphatic heterocycles. The van der Waals surface area contributed by atoms with Crippen LogP contribution in [0.1, 0.15) is 79.1 Å². The second-order valence-electron chi connectivity index (χ2n) is 3.41. The first-order valence-electron chi connectivity index (χ1n) is 6.33. The summed E-state index contributed by atoms with van der Waals surface area (Å²) in [5, 5.41) is 0. The maximum atomic E-state index is 3.00. The SMILES string of the molecule is C1CCC1.C=C.CCCC.CCCC. The summed E-state index contributed by atoms with van der Waals surface area (Å²) in [6, 6.07) is 0. The van der Waals surface area contributed by atoms with Crippen LogP contribution in [0.4, 0.5) is 0 Å². The summed E-state index contributed by atoms with van der Waals surface area (Å²) in [5.41, 5.74) is 0. The zero-order valence-electron chi connectivity index (χ0n) is 11.1. The van der Waals surface area contributed by atoms with E-state index in [9.17, 15) is 0 Å². The molecule has 1 saturated carbocycles. The Hall–Kier alpha value is -0.260. The van der Waals surface area contributed by atoms with E-state index in [1.807, 2.05) is 0 Å².